The first-order valence-electron chi connectivity index (χ1n) is 8.79. The molecular weight excluding hydrogens is 372 g/mol. The second-order valence-electron chi connectivity index (χ2n) is 6.59. The van der Waals surface area contributed by atoms with E-state index in [4.69, 9.17) is 11.6 Å². The maximum atomic E-state index is 12.4. The van der Waals surface area contributed by atoms with Crippen LogP contribution in [0.1, 0.15) is 36.9 Å². The minimum atomic E-state index is -3.43. The lowest BCUT2D eigenvalue weighted by atomic mass is 10.1. The molecule has 1 aliphatic carbocycles. The second-order valence-corrected chi connectivity index (χ2v) is 8.64. The lowest BCUT2D eigenvalue weighted by molar-refractivity contribution is 0.552. The van der Waals surface area contributed by atoms with Gasteiger partial charge in [0, 0.05) is 24.3 Å². The Balaban J connectivity index is 1.55. The Bertz CT molecular complexity index is 830. The van der Waals surface area contributed by atoms with Crippen molar-refractivity contribution in [2.75, 3.05) is 11.9 Å². The van der Waals surface area contributed by atoms with E-state index < -0.39 is 10.0 Å². The van der Waals surface area contributed by atoms with Crippen LogP contribution in [0.5, 0.6) is 0 Å². The lowest BCUT2D eigenvalue weighted by Crippen LogP contribution is -2.32. The van der Waals surface area contributed by atoms with Crippen LogP contribution < -0.4 is 10.0 Å². The number of aryl methyl sites for hydroxylation is 1. The number of hydrogen-bond acceptors (Lipinski definition) is 5. The number of halogens is 1. The van der Waals surface area contributed by atoms with Gasteiger partial charge in [0.15, 0.2) is 0 Å². The summed E-state index contributed by atoms with van der Waals surface area (Å²) in [5.74, 6) is 0.683. The van der Waals surface area contributed by atoms with Crippen molar-refractivity contribution in [3.8, 4) is 0 Å². The molecule has 0 unspecified atom stereocenters. The highest BCUT2D eigenvalue weighted by Gasteiger charge is 2.22. The van der Waals surface area contributed by atoms with Gasteiger partial charge in [0.2, 0.25) is 15.3 Å². The molecule has 0 saturated heterocycles. The summed E-state index contributed by atoms with van der Waals surface area (Å²) in [6, 6.07) is 8.94. The van der Waals surface area contributed by atoms with Crippen LogP contribution in [0.2, 0.25) is 5.28 Å². The van der Waals surface area contributed by atoms with Gasteiger partial charge in [0.05, 0.1) is 4.90 Å². The Labute approximate surface area is 159 Å². The van der Waals surface area contributed by atoms with Crippen molar-refractivity contribution in [2.45, 2.75) is 50.0 Å². The molecule has 0 atom stereocenters. The molecule has 1 aromatic heterocycles. The van der Waals surface area contributed by atoms with Gasteiger partial charge in [-0.3, -0.25) is 0 Å². The van der Waals surface area contributed by atoms with Gasteiger partial charge in [0.25, 0.3) is 0 Å². The molecule has 26 heavy (non-hydrogen) atoms. The maximum absolute atomic E-state index is 12.4. The summed E-state index contributed by atoms with van der Waals surface area (Å²) in [5, 5.41) is 3.42. The number of aromatic nitrogens is 2. The van der Waals surface area contributed by atoms with Crippen molar-refractivity contribution in [1.29, 1.82) is 0 Å². The predicted molar refractivity (Wildman–Crippen MR) is 103 cm³/mol. The minimum absolute atomic E-state index is 0.0759. The van der Waals surface area contributed by atoms with Crippen molar-refractivity contribution >= 4 is 27.4 Å². The zero-order valence-electron chi connectivity index (χ0n) is 14.7. The summed E-state index contributed by atoms with van der Waals surface area (Å²) in [5.41, 5.74) is 1.85. The zero-order valence-corrected chi connectivity index (χ0v) is 16.3. The van der Waals surface area contributed by atoms with Crippen LogP contribution in [-0.4, -0.2) is 31.0 Å². The average Bonchev–Trinajstić information content (AvgIpc) is 3.07. The monoisotopic (exact) mass is 394 g/mol. The van der Waals surface area contributed by atoms with Gasteiger partial charge >= 0.3 is 0 Å². The molecule has 1 heterocycles. The first-order valence-corrected chi connectivity index (χ1v) is 10.6. The van der Waals surface area contributed by atoms with Crippen LogP contribution in [0.4, 0.5) is 5.82 Å². The van der Waals surface area contributed by atoms with Crippen LogP contribution in [-0.2, 0) is 16.4 Å². The second kappa shape index (κ2) is 8.33. The third-order valence-electron chi connectivity index (χ3n) is 4.46. The number of sulfonamides is 1. The molecule has 6 nitrogen and oxygen atoms in total. The van der Waals surface area contributed by atoms with Crippen molar-refractivity contribution < 1.29 is 8.42 Å². The average molecular weight is 395 g/mol. The van der Waals surface area contributed by atoms with E-state index >= 15 is 0 Å². The van der Waals surface area contributed by atoms with Crippen LogP contribution in [0.25, 0.3) is 0 Å². The molecule has 1 fully saturated rings. The van der Waals surface area contributed by atoms with E-state index in [2.05, 4.69) is 20.0 Å². The topological polar surface area (TPSA) is 84.0 Å². The maximum Gasteiger partial charge on any atom is 0.240 e. The summed E-state index contributed by atoms with van der Waals surface area (Å²) >= 11 is 5.84. The summed E-state index contributed by atoms with van der Waals surface area (Å²) in [6.45, 7) is 2.52. The van der Waals surface area contributed by atoms with Gasteiger partial charge in [-0.2, -0.15) is 0 Å². The number of benzene rings is 1. The van der Waals surface area contributed by atoms with E-state index in [0.717, 1.165) is 43.4 Å². The Morgan fingerprint density at radius 1 is 1.15 bits per heavy atom. The first kappa shape index (κ1) is 19.1. The quantitative estimate of drug-likeness (QED) is 0.704. The van der Waals surface area contributed by atoms with Crippen molar-refractivity contribution in [2.24, 2.45) is 0 Å². The standard InChI is InChI=1S/C18H23ClN4O2S/c1-13-12-17(22-18(19)21-13)20-11-10-14-6-8-16(9-7-14)26(24,25)23-15-4-2-3-5-15/h6-9,12,15,23H,2-5,10-11H2,1H3,(H,20,21,22). The molecule has 0 bridgehead atoms. The van der Waals surface area contributed by atoms with E-state index in [1.54, 1.807) is 12.1 Å². The molecule has 1 aliphatic rings. The van der Waals surface area contributed by atoms with Gasteiger partial charge in [-0.25, -0.2) is 23.1 Å². The molecule has 0 spiro atoms. The third kappa shape index (κ3) is 5.16. The van der Waals surface area contributed by atoms with E-state index in [1.807, 2.05) is 25.1 Å². The Kier molecular flexibility index (Phi) is 6.11. The molecule has 8 heteroatoms. The highest BCUT2D eigenvalue weighted by Crippen LogP contribution is 2.20. The summed E-state index contributed by atoms with van der Waals surface area (Å²) < 4.78 is 27.6. The van der Waals surface area contributed by atoms with E-state index in [9.17, 15) is 8.42 Å². The Morgan fingerprint density at radius 3 is 2.50 bits per heavy atom. The van der Waals surface area contributed by atoms with Gasteiger partial charge in [-0.15, -0.1) is 0 Å². The normalized spacial score (nSPS) is 15.3. The molecule has 0 radical (unpaired) electrons. The summed E-state index contributed by atoms with van der Waals surface area (Å²) in [6.07, 6.45) is 4.79. The SMILES string of the molecule is Cc1cc(NCCc2ccc(S(=O)(=O)NC3CCCC3)cc2)nc(Cl)n1. The third-order valence-corrected chi connectivity index (χ3v) is 6.16. The molecule has 1 aromatic carbocycles. The Morgan fingerprint density at radius 2 is 1.85 bits per heavy atom. The van der Waals surface area contributed by atoms with Gasteiger partial charge in [-0.1, -0.05) is 25.0 Å². The fourth-order valence-electron chi connectivity index (χ4n) is 3.12. The van der Waals surface area contributed by atoms with Crippen molar-refractivity contribution in [3.63, 3.8) is 0 Å². The number of rotatable bonds is 7. The van der Waals surface area contributed by atoms with E-state index in [1.165, 1.54) is 0 Å². The lowest BCUT2D eigenvalue weighted by Gasteiger charge is -2.13. The first-order chi connectivity index (χ1) is 12.4. The largest absolute Gasteiger partial charge is 0.370 e. The van der Waals surface area contributed by atoms with Crippen LogP contribution >= 0.6 is 11.6 Å². The highest BCUT2D eigenvalue weighted by molar-refractivity contribution is 7.89. The smallest absolute Gasteiger partial charge is 0.240 e. The van der Waals surface area contributed by atoms with Gasteiger partial charge < -0.3 is 5.32 Å². The zero-order chi connectivity index (χ0) is 18.6. The fraction of sp³-hybridized carbons (Fsp3) is 0.444. The molecule has 0 amide bonds. The number of nitrogens with zero attached hydrogens (tertiary/aromatic N) is 2. The van der Waals surface area contributed by atoms with Crippen LogP contribution in [0.15, 0.2) is 35.2 Å². The molecule has 2 aromatic rings. The van der Waals surface area contributed by atoms with E-state index in [-0.39, 0.29) is 11.3 Å². The predicted octanol–water partition coefficient (Wildman–Crippen LogP) is 3.31. The number of nitrogens with one attached hydrogen (secondary N) is 2. The molecule has 0 aliphatic heterocycles. The van der Waals surface area contributed by atoms with Crippen LogP contribution in [0, 0.1) is 6.92 Å². The van der Waals surface area contributed by atoms with Crippen molar-refractivity contribution in [1.82, 2.24) is 14.7 Å². The van der Waals surface area contributed by atoms with E-state index in [0.29, 0.717) is 17.3 Å². The summed E-state index contributed by atoms with van der Waals surface area (Å²) in [4.78, 5) is 8.46. The summed E-state index contributed by atoms with van der Waals surface area (Å²) in [7, 11) is -3.43. The van der Waals surface area contributed by atoms with Gasteiger partial charge in [0.1, 0.15) is 5.82 Å². The molecule has 2 N–H and O–H groups in total. The number of anilines is 1. The van der Waals surface area contributed by atoms with Crippen LogP contribution in [0.3, 0.4) is 0 Å². The molecule has 3 rings (SSSR count). The Hall–Kier alpha value is -1.70. The highest BCUT2D eigenvalue weighted by atomic mass is 35.5. The van der Waals surface area contributed by atoms with Gasteiger partial charge in [-0.05, 0) is 55.5 Å². The molecule has 140 valence electrons. The number of hydrogen-bond donors (Lipinski definition) is 2. The fourth-order valence-corrected chi connectivity index (χ4v) is 4.65. The van der Waals surface area contributed by atoms with Crippen molar-refractivity contribution in [3.05, 3.63) is 46.9 Å². The minimum Gasteiger partial charge on any atom is -0.370 e. The molecular formula is C18H23ClN4O2S. The molecule has 1 saturated carbocycles.